The number of hydrogen-bond acceptors (Lipinski definition) is 3. The van der Waals surface area contributed by atoms with Gasteiger partial charge in [0.05, 0.1) is 0 Å². The molecule has 0 amide bonds. The summed E-state index contributed by atoms with van der Waals surface area (Å²) in [5, 5.41) is 5.27. The lowest BCUT2D eigenvalue weighted by Gasteiger charge is -2.18. The zero-order valence-corrected chi connectivity index (χ0v) is 12.1. The van der Waals surface area contributed by atoms with Gasteiger partial charge in [0.1, 0.15) is 11.9 Å². The molecule has 2 heterocycles. The lowest BCUT2D eigenvalue weighted by Crippen LogP contribution is -2.03. The summed E-state index contributed by atoms with van der Waals surface area (Å²) in [4.78, 5) is 4.41. The molecule has 1 aliphatic rings. The average molecular weight is 297 g/mol. The van der Waals surface area contributed by atoms with Crippen molar-refractivity contribution in [2.45, 2.75) is 17.9 Å². The van der Waals surface area contributed by atoms with Gasteiger partial charge in [-0.15, -0.1) is 4.52 Å². The SMILES string of the molecule is Cc1[nH]c2ccc(F)cc2c1C1N=NSc2ccccc21. The number of benzene rings is 2. The number of halogens is 1. The number of hydrogen-bond donors (Lipinski definition) is 1. The number of aryl methyl sites for hydroxylation is 1. The van der Waals surface area contributed by atoms with Gasteiger partial charge in [-0.2, -0.15) is 5.11 Å². The van der Waals surface area contributed by atoms with Crippen LogP contribution in [0.4, 0.5) is 4.39 Å². The average Bonchev–Trinajstić information content (AvgIpc) is 2.82. The number of aromatic amines is 1. The number of H-pyrrole nitrogens is 1. The van der Waals surface area contributed by atoms with Crippen molar-refractivity contribution in [3.05, 3.63) is 65.1 Å². The van der Waals surface area contributed by atoms with Gasteiger partial charge in [0.2, 0.25) is 0 Å². The molecule has 1 aliphatic heterocycles. The van der Waals surface area contributed by atoms with Gasteiger partial charge < -0.3 is 4.98 Å². The van der Waals surface area contributed by atoms with Crippen LogP contribution in [0.25, 0.3) is 10.9 Å². The Bertz CT molecular complexity index is 869. The van der Waals surface area contributed by atoms with Crippen molar-refractivity contribution in [1.82, 2.24) is 4.98 Å². The first-order chi connectivity index (χ1) is 10.2. The molecule has 3 nitrogen and oxygen atoms in total. The maximum Gasteiger partial charge on any atom is 0.125 e. The fourth-order valence-electron chi connectivity index (χ4n) is 2.85. The highest BCUT2D eigenvalue weighted by atomic mass is 32.2. The molecule has 0 radical (unpaired) electrons. The predicted molar refractivity (Wildman–Crippen MR) is 82.0 cm³/mol. The third kappa shape index (κ3) is 1.96. The highest BCUT2D eigenvalue weighted by Crippen LogP contribution is 2.42. The monoisotopic (exact) mass is 297 g/mol. The summed E-state index contributed by atoms with van der Waals surface area (Å²) in [6.45, 7) is 1.99. The van der Waals surface area contributed by atoms with E-state index in [0.29, 0.717) is 0 Å². The van der Waals surface area contributed by atoms with E-state index >= 15 is 0 Å². The fourth-order valence-corrected chi connectivity index (χ4v) is 3.51. The van der Waals surface area contributed by atoms with Crippen LogP contribution in [0.3, 0.4) is 0 Å². The highest BCUT2D eigenvalue weighted by molar-refractivity contribution is 7.98. The molecule has 1 unspecified atom stereocenters. The first-order valence-electron chi connectivity index (χ1n) is 6.68. The Morgan fingerprint density at radius 2 is 2.05 bits per heavy atom. The quantitative estimate of drug-likeness (QED) is 0.618. The predicted octanol–water partition coefficient (Wildman–Crippen LogP) is 5.18. The van der Waals surface area contributed by atoms with Crippen LogP contribution in [0, 0.1) is 12.7 Å². The fraction of sp³-hybridized carbons (Fsp3) is 0.125. The second kappa shape index (κ2) is 4.70. The zero-order valence-electron chi connectivity index (χ0n) is 11.3. The second-order valence-electron chi connectivity index (χ2n) is 5.08. The molecule has 21 heavy (non-hydrogen) atoms. The summed E-state index contributed by atoms with van der Waals surface area (Å²) in [5.41, 5.74) is 4.04. The molecule has 3 aromatic rings. The van der Waals surface area contributed by atoms with Crippen LogP contribution in [0.15, 0.2) is 57.0 Å². The maximum atomic E-state index is 13.6. The van der Waals surface area contributed by atoms with Crippen LogP contribution < -0.4 is 0 Å². The van der Waals surface area contributed by atoms with E-state index in [1.807, 2.05) is 25.1 Å². The summed E-state index contributed by atoms with van der Waals surface area (Å²) in [7, 11) is 0. The molecule has 0 spiro atoms. The Kier molecular flexibility index (Phi) is 2.82. The number of nitrogens with zero attached hydrogens (tertiary/aromatic N) is 2. The molecule has 4 rings (SSSR count). The highest BCUT2D eigenvalue weighted by Gasteiger charge is 2.25. The molecule has 0 saturated carbocycles. The van der Waals surface area contributed by atoms with Crippen molar-refractivity contribution in [3.63, 3.8) is 0 Å². The standard InChI is InChI=1S/C16H12FN3S/c1-9-15(12-8-10(17)6-7-13(12)18-9)16-11-4-2-3-5-14(11)21-20-19-16/h2-8,16,18H,1H3. The molecule has 1 aromatic heterocycles. The van der Waals surface area contributed by atoms with Crippen molar-refractivity contribution < 1.29 is 4.39 Å². The van der Waals surface area contributed by atoms with Crippen LogP contribution in [0.1, 0.15) is 22.9 Å². The summed E-state index contributed by atoms with van der Waals surface area (Å²) >= 11 is 1.38. The lowest BCUT2D eigenvalue weighted by molar-refractivity contribution is 0.629. The van der Waals surface area contributed by atoms with Crippen molar-refractivity contribution in [2.24, 2.45) is 9.63 Å². The first-order valence-corrected chi connectivity index (χ1v) is 7.45. The smallest absolute Gasteiger partial charge is 0.125 e. The van der Waals surface area contributed by atoms with Gasteiger partial charge >= 0.3 is 0 Å². The first kappa shape index (κ1) is 12.6. The summed E-state index contributed by atoms with van der Waals surface area (Å²) in [6, 6.07) is 12.7. The van der Waals surface area contributed by atoms with Crippen molar-refractivity contribution in [2.75, 3.05) is 0 Å². The summed E-state index contributed by atoms with van der Waals surface area (Å²) in [5.74, 6) is -0.238. The Morgan fingerprint density at radius 1 is 1.19 bits per heavy atom. The van der Waals surface area contributed by atoms with Crippen LogP contribution in [0.2, 0.25) is 0 Å². The van der Waals surface area contributed by atoms with Gasteiger partial charge in [-0.3, -0.25) is 0 Å². The van der Waals surface area contributed by atoms with Crippen LogP contribution in [0.5, 0.6) is 0 Å². The number of aromatic nitrogens is 1. The summed E-state index contributed by atoms with van der Waals surface area (Å²) in [6.07, 6.45) is 0. The Morgan fingerprint density at radius 3 is 2.95 bits per heavy atom. The van der Waals surface area contributed by atoms with Gasteiger partial charge in [0.15, 0.2) is 0 Å². The van der Waals surface area contributed by atoms with E-state index in [0.717, 1.165) is 32.6 Å². The van der Waals surface area contributed by atoms with Gasteiger partial charge in [-0.05, 0) is 36.8 Å². The van der Waals surface area contributed by atoms with E-state index in [4.69, 9.17) is 0 Å². The second-order valence-corrected chi connectivity index (χ2v) is 5.87. The van der Waals surface area contributed by atoms with E-state index < -0.39 is 0 Å². The third-order valence-electron chi connectivity index (χ3n) is 3.79. The van der Waals surface area contributed by atoms with Crippen LogP contribution in [-0.2, 0) is 0 Å². The molecular formula is C16H12FN3S. The third-order valence-corrected chi connectivity index (χ3v) is 4.53. The van der Waals surface area contributed by atoms with Crippen LogP contribution in [-0.4, -0.2) is 4.98 Å². The Balaban J connectivity index is 1.98. The van der Waals surface area contributed by atoms with Gasteiger partial charge in [-0.25, -0.2) is 4.39 Å². The molecule has 1 N–H and O–H groups in total. The van der Waals surface area contributed by atoms with Crippen molar-refractivity contribution in [1.29, 1.82) is 0 Å². The number of nitrogens with one attached hydrogen (secondary N) is 1. The molecule has 2 aromatic carbocycles. The minimum Gasteiger partial charge on any atom is -0.358 e. The lowest BCUT2D eigenvalue weighted by atomic mass is 9.96. The number of rotatable bonds is 1. The van der Waals surface area contributed by atoms with Crippen molar-refractivity contribution >= 4 is 22.9 Å². The minimum atomic E-state index is -0.238. The van der Waals surface area contributed by atoms with Crippen LogP contribution >= 0.6 is 11.9 Å². The zero-order chi connectivity index (χ0) is 14.4. The van der Waals surface area contributed by atoms with Gasteiger partial charge in [0.25, 0.3) is 0 Å². The minimum absolute atomic E-state index is 0.182. The Labute approximate surface area is 125 Å². The molecule has 1 atom stereocenters. The molecular weight excluding hydrogens is 285 g/mol. The normalized spacial score (nSPS) is 17.1. The Hall–Kier alpha value is -2.14. The van der Waals surface area contributed by atoms with E-state index in [1.54, 1.807) is 12.1 Å². The summed E-state index contributed by atoms with van der Waals surface area (Å²) < 4.78 is 17.8. The van der Waals surface area contributed by atoms with Crippen molar-refractivity contribution in [3.8, 4) is 0 Å². The van der Waals surface area contributed by atoms with Gasteiger partial charge in [0, 0.05) is 39.0 Å². The largest absolute Gasteiger partial charge is 0.358 e. The molecule has 0 fully saturated rings. The molecule has 0 saturated heterocycles. The van der Waals surface area contributed by atoms with E-state index in [2.05, 4.69) is 20.7 Å². The molecule has 104 valence electrons. The number of fused-ring (bicyclic) bond motifs is 2. The maximum absolute atomic E-state index is 13.6. The topological polar surface area (TPSA) is 40.5 Å². The van der Waals surface area contributed by atoms with E-state index in [-0.39, 0.29) is 11.9 Å². The van der Waals surface area contributed by atoms with Gasteiger partial charge in [-0.1, -0.05) is 18.2 Å². The van der Waals surface area contributed by atoms with E-state index in [9.17, 15) is 4.39 Å². The molecule has 0 aliphatic carbocycles. The molecule has 0 bridgehead atoms. The van der Waals surface area contributed by atoms with E-state index in [1.165, 1.54) is 18.0 Å². The molecule has 5 heteroatoms.